The van der Waals surface area contributed by atoms with E-state index >= 15 is 0 Å². The molecule has 0 aromatic rings. The maximum absolute atomic E-state index is 4.77. The molecule has 0 aromatic carbocycles. The van der Waals surface area contributed by atoms with Gasteiger partial charge in [-0.25, -0.2) is 0 Å². The van der Waals surface area contributed by atoms with Crippen LogP contribution in [0.2, 0.25) is 0 Å². The second-order valence-corrected chi connectivity index (χ2v) is 6.43. The maximum atomic E-state index is 4.77. The van der Waals surface area contributed by atoms with Crippen LogP contribution in [0.25, 0.3) is 0 Å². The van der Waals surface area contributed by atoms with Crippen LogP contribution < -0.4 is 5.32 Å². The molecule has 3 nitrogen and oxygen atoms in total. The fraction of sp³-hybridized carbons (Fsp3) is 0.933. The van der Waals surface area contributed by atoms with E-state index in [1.807, 2.05) is 11.8 Å². The summed E-state index contributed by atoms with van der Waals surface area (Å²) in [5.74, 6) is 1.22. The minimum atomic E-state index is 0.539. The van der Waals surface area contributed by atoms with Crippen LogP contribution in [0.4, 0.5) is 0 Å². The van der Waals surface area contributed by atoms with Crippen molar-refractivity contribution in [2.75, 3.05) is 25.4 Å². The number of amidine groups is 1. The Balaban J connectivity index is 2.23. The van der Waals surface area contributed by atoms with Crippen molar-refractivity contribution in [3.8, 4) is 0 Å². The molecule has 0 amide bonds. The van der Waals surface area contributed by atoms with E-state index in [0.29, 0.717) is 12.1 Å². The molecule has 0 spiro atoms. The Kier molecular flexibility index (Phi) is 8.55. The Morgan fingerprint density at radius 1 is 1.37 bits per heavy atom. The van der Waals surface area contributed by atoms with Crippen LogP contribution in [0, 0.1) is 0 Å². The lowest BCUT2D eigenvalue weighted by atomic mass is 10.1. The van der Waals surface area contributed by atoms with Crippen molar-refractivity contribution in [1.29, 1.82) is 0 Å². The normalized spacial score (nSPS) is 21.3. The first kappa shape index (κ1) is 16.8. The summed E-state index contributed by atoms with van der Waals surface area (Å²) in [4.78, 5) is 7.27. The van der Waals surface area contributed by atoms with Crippen molar-refractivity contribution in [3.05, 3.63) is 0 Å². The molecule has 1 N–H and O–H groups in total. The second kappa shape index (κ2) is 9.65. The van der Waals surface area contributed by atoms with Crippen molar-refractivity contribution in [2.24, 2.45) is 4.99 Å². The SMILES string of the molecule is CCC1CCSC(NC(C)CCCN(CC)CC)=N1. The molecule has 0 aliphatic carbocycles. The van der Waals surface area contributed by atoms with Gasteiger partial charge in [-0.15, -0.1) is 0 Å². The molecule has 1 aliphatic rings. The zero-order valence-electron chi connectivity index (χ0n) is 13.1. The van der Waals surface area contributed by atoms with Crippen molar-refractivity contribution in [2.45, 2.75) is 65.5 Å². The minimum Gasteiger partial charge on any atom is -0.362 e. The van der Waals surface area contributed by atoms with E-state index in [0.717, 1.165) is 0 Å². The van der Waals surface area contributed by atoms with Crippen molar-refractivity contribution in [1.82, 2.24) is 10.2 Å². The number of thioether (sulfide) groups is 1. The molecule has 0 radical (unpaired) electrons. The molecule has 112 valence electrons. The maximum Gasteiger partial charge on any atom is 0.157 e. The number of aliphatic imine (C=N–C) groups is 1. The van der Waals surface area contributed by atoms with E-state index in [2.05, 4.69) is 37.9 Å². The number of nitrogens with zero attached hydrogens (tertiary/aromatic N) is 2. The van der Waals surface area contributed by atoms with E-state index in [4.69, 9.17) is 4.99 Å². The minimum absolute atomic E-state index is 0.539. The van der Waals surface area contributed by atoms with Crippen molar-refractivity contribution in [3.63, 3.8) is 0 Å². The van der Waals surface area contributed by atoms with Crippen LogP contribution in [0.3, 0.4) is 0 Å². The third kappa shape index (κ3) is 6.66. The van der Waals surface area contributed by atoms with Crippen LogP contribution in [-0.2, 0) is 0 Å². The van der Waals surface area contributed by atoms with Crippen LogP contribution >= 0.6 is 11.8 Å². The molecule has 2 atom stereocenters. The lowest BCUT2D eigenvalue weighted by Crippen LogP contribution is -2.34. The average Bonchev–Trinajstić information content (AvgIpc) is 2.44. The van der Waals surface area contributed by atoms with E-state index in [1.165, 1.54) is 56.2 Å². The van der Waals surface area contributed by atoms with Crippen molar-refractivity contribution >= 4 is 16.9 Å². The number of hydrogen-bond acceptors (Lipinski definition) is 4. The van der Waals surface area contributed by atoms with Gasteiger partial charge in [0.2, 0.25) is 0 Å². The highest BCUT2D eigenvalue weighted by atomic mass is 32.2. The zero-order chi connectivity index (χ0) is 14.1. The lowest BCUT2D eigenvalue weighted by molar-refractivity contribution is 0.293. The van der Waals surface area contributed by atoms with Gasteiger partial charge in [-0.1, -0.05) is 32.5 Å². The first-order valence-electron chi connectivity index (χ1n) is 7.89. The van der Waals surface area contributed by atoms with E-state index in [-0.39, 0.29) is 0 Å². The van der Waals surface area contributed by atoms with Gasteiger partial charge >= 0.3 is 0 Å². The summed E-state index contributed by atoms with van der Waals surface area (Å²) in [6.45, 7) is 12.5. The van der Waals surface area contributed by atoms with Gasteiger partial charge in [0.05, 0.1) is 6.04 Å². The van der Waals surface area contributed by atoms with Gasteiger partial charge in [0.1, 0.15) is 0 Å². The average molecular weight is 286 g/mol. The predicted molar refractivity (Wildman–Crippen MR) is 88.2 cm³/mol. The Hall–Kier alpha value is -0.220. The van der Waals surface area contributed by atoms with Gasteiger partial charge in [0, 0.05) is 11.8 Å². The van der Waals surface area contributed by atoms with Gasteiger partial charge in [0.15, 0.2) is 5.17 Å². The Morgan fingerprint density at radius 2 is 2.11 bits per heavy atom. The third-order valence-corrected chi connectivity index (χ3v) is 4.77. The molecule has 4 heteroatoms. The molecule has 1 aliphatic heterocycles. The first-order chi connectivity index (χ1) is 9.19. The second-order valence-electron chi connectivity index (χ2n) is 5.35. The summed E-state index contributed by atoms with van der Waals surface area (Å²) in [6, 6.07) is 1.09. The molecule has 1 heterocycles. The standard InChI is InChI=1S/C15H31N3S/c1-5-14-10-12-19-15(17-14)16-13(4)9-8-11-18(6-2)7-3/h13-14H,5-12H2,1-4H3,(H,16,17). The van der Waals surface area contributed by atoms with Gasteiger partial charge in [0.25, 0.3) is 0 Å². The van der Waals surface area contributed by atoms with Crippen LogP contribution in [0.5, 0.6) is 0 Å². The van der Waals surface area contributed by atoms with E-state index in [1.54, 1.807) is 0 Å². The topological polar surface area (TPSA) is 27.6 Å². The fourth-order valence-electron chi connectivity index (χ4n) is 2.38. The lowest BCUT2D eigenvalue weighted by Gasteiger charge is -2.23. The Morgan fingerprint density at radius 3 is 2.74 bits per heavy atom. The van der Waals surface area contributed by atoms with Crippen molar-refractivity contribution < 1.29 is 0 Å². The molecule has 1 rings (SSSR count). The van der Waals surface area contributed by atoms with Crippen LogP contribution in [-0.4, -0.2) is 47.5 Å². The highest BCUT2D eigenvalue weighted by Crippen LogP contribution is 2.18. The molecule has 0 bridgehead atoms. The zero-order valence-corrected chi connectivity index (χ0v) is 13.9. The van der Waals surface area contributed by atoms with Gasteiger partial charge < -0.3 is 10.2 Å². The molecule has 0 saturated carbocycles. The summed E-state index contributed by atoms with van der Waals surface area (Å²) in [6.07, 6.45) is 4.91. The molecule has 0 aromatic heterocycles. The largest absolute Gasteiger partial charge is 0.362 e. The van der Waals surface area contributed by atoms with E-state index in [9.17, 15) is 0 Å². The quantitative estimate of drug-likeness (QED) is 0.741. The van der Waals surface area contributed by atoms with Crippen LogP contribution in [0.1, 0.15) is 53.4 Å². The molecular formula is C15H31N3S. The van der Waals surface area contributed by atoms with Crippen LogP contribution in [0.15, 0.2) is 4.99 Å². The molecule has 0 fully saturated rings. The Labute approximate surface area is 123 Å². The summed E-state index contributed by atoms with van der Waals surface area (Å²) in [7, 11) is 0. The van der Waals surface area contributed by atoms with Gasteiger partial charge in [-0.2, -0.15) is 0 Å². The number of rotatable bonds is 8. The van der Waals surface area contributed by atoms with Gasteiger partial charge in [-0.3, -0.25) is 4.99 Å². The van der Waals surface area contributed by atoms with Gasteiger partial charge in [-0.05, 0) is 52.2 Å². The monoisotopic (exact) mass is 285 g/mol. The third-order valence-electron chi connectivity index (χ3n) is 3.84. The molecular weight excluding hydrogens is 254 g/mol. The number of hydrogen-bond donors (Lipinski definition) is 1. The first-order valence-corrected chi connectivity index (χ1v) is 8.87. The van der Waals surface area contributed by atoms with E-state index < -0.39 is 0 Å². The summed E-state index contributed by atoms with van der Waals surface area (Å²) >= 11 is 1.89. The highest BCUT2D eigenvalue weighted by molar-refractivity contribution is 8.13. The summed E-state index contributed by atoms with van der Waals surface area (Å²) in [5, 5.41) is 4.76. The number of nitrogens with one attached hydrogen (secondary N) is 1. The Bertz CT molecular complexity index is 264. The summed E-state index contributed by atoms with van der Waals surface area (Å²) < 4.78 is 0. The summed E-state index contributed by atoms with van der Waals surface area (Å²) in [5.41, 5.74) is 0. The predicted octanol–water partition coefficient (Wildman–Crippen LogP) is 3.36. The molecule has 2 unspecified atom stereocenters. The molecule has 19 heavy (non-hydrogen) atoms. The fourth-order valence-corrected chi connectivity index (χ4v) is 3.47. The molecule has 0 saturated heterocycles. The smallest absolute Gasteiger partial charge is 0.157 e. The highest BCUT2D eigenvalue weighted by Gasteiger charge is 2.15.